The topological polar surface area (TPSA) is 42.0 Å². The summed E-state index contributed by atoms with van der Waals surface area (Å²) in [5.74, 6) is 0. The van der Waals surface area contributed by atoms with Crippen LogP contribution in [-0.2, 0) is 9.47 Å². The molecule has 0 bridgehead atoms. The van der Waals surface area contributed by atoms with E-state index in [2.05, 4.69) is 93.0 Å². The molecule has 316 valence electrons. The average Bonchev–Trinajstić information content (AvgIpc) is 3.17. The molecule has 0 aliphatic rings. The van der Waals surface area contributed by atoms with Crippen molar-refractivity contribution in [1.82, 2.24) is 9.80 Å². The second-order valence-electron chi connectivity index (χ2n) is 15.5. The van der Waals surface area contributed by atoms with Crippen LogP contribution in [0.25, 0.3) is 0 Å². The summed E-state index contributed by atoms with van der Waals surface area (Å²) in [6.07, 6.45) is 51.1. The van der Waals surface area contributed by atoms with Crippen LogP contribution in [0.2, 0.25) is 0 Å². The third-order valence-corrected chi connectivity index (χ3v) is 10.5. The van der Waals surface area contributed by atoms with E-state index in [1.807, 2.05) is 0 Å². The fourth-order valence-electron chi connectivity index (χ4n) is 6.89. The van der Waals surface area contributed by atoms with E-state index < -0.39 is 6.16 Å². The van der Waals surface area contributed by atoms with Crippen LogP contribution in [0.4, 0.5) is 4.79 Å². The van der Waals surface area contributed by atoms with Crippen LogP contribution >= 0.6 is 0 Å². The number of likely N-dealkylation sites (N-methyl/N-ethyl adjacent to an activating group) is 1. The lowest BCUT2D eigenvalue weighted by atomic mass is 10.0. The molecule has 0 aromatic heterocycles. The van der Waals surface area contributed by atoms with Gasteiger partial charge >= 0.3 is 6.16 Å². The maximum Gasteiger partial charge on any atom is 0.508 e. The maximum atomic E-state index is 12.8. The summed E-state index contributed by atoms with van der Waals surface area (Å²) in [4.78, 5) is 17.7. The van der Waals surface area contributed by atoms with E-state index in [1.165, 1.54) is 128 Å². The zero-order chi connectivity index (χ0) is 39.4. The maximum absolute atomic E-state index is 12.8. The van der Waals surface area contributed by atoms with E-state index in [1.54, 1.807) is 0 Å². The lowest BCUT2D eigenvalue weighted by Gasteiger charge is -2.26. The van der Waals surface area contributed by atoms with Crippen molar-refractivity contribution in [1.29, 1.82) is 0 Å². The molecular formula is C49H92N2O3. The molecule has 5 heteroatoms. The SMILES string of the molecule is CCCCC/C=C\C/C=C\CCCCCCCCC(CCCCCCCC/C=C\C/C=C\CCCCC)OC(=O)OCCN(CCC)CCN(CC)CC. The van der Waals surface area contributed by atoms with Crippen molar-refractivity contribution in [2.24, 2.45) is 0 Å². The molecule has 0 rings (SSSR count). The minimum absolute atomic E-state index is 0.0245. The van der Waals surface area contributed by atoms with Gasteiger partial charge in [-0.2, -0.15) is 0 Å². The Morgan fingerprint density at radius 3 is 1.28 bits per heavy atom. The van der Waals surface area contributed by atoms with Gasteiger partial charge in [0.1, 0.15) is 12.7 Å². The van der Waals surface area contributed by atoms with Crippen molar-refractivity contribution < 1.29 is 14.3 Å². The highest BCUT2D eigenvalue weighted by molar-refractivity contribution is 5.60. The van der Waals surface area contributed by atoms with Crippen molar-refractivity contribution in [2.45, 2.75) is 214 Å². The fourth-order valence-corrected chi connectivity index (χ4v) is 6.89. The molecule has 0 N–H and O–H groups in total. The molecular weight excluding hydrogens is 665 g/mol. The Kier molecular flexibility index (Phi) is 42.4. The molecule has 0 aromatic rings. The molecule has 0 spiro atoms. The van der Waals surface area contributed by atoms with Crippen LogP contribution in [0.1, 0.15) is 208 Å². The van der Waals surface area contributed by atoms with Crippen molar-refractivity contribution >= 4 is 6.16 Å². The molecule has 0 fully saturated rings. The summed E-state index contributed by atoms with van der Waals surface area (Å²) in [5, 5.41) is 0. The standard InChI is InChI=1S/C49H92N2O3/c1-6-11-13-15-17-19-21-23-25-27-29-31-33-35-37-39-41-48(54-49(52)53-47-46-51(43-8-3)45-44-50(9-4)10-5)42-40-38-36-34-32-30-28-26-24-22-20-18-16-14-12-7-2/h17-20,23-26,48H,6-16,21-22,27-47H2,1-5H3/b19-17-,20-18-,25-23-,26-24-. The lowest BCUT2D eigenvalue weighted by Crippen LogP contribution is -2.37. The lowest BCUT2D eigenvalue weighted by molar-refractivity contribution is 0.0116. The number of carbonyl (C=O) groups excluding carboxylic acids is 1. The van der Waals surface area contributed by atoms with Gasteiger partial charge in [0.25, 0.3) is 0 Å². The summed E-state index contributed by atoms with van der Waals surface area (Å²) < 4.78 is 11.6. The summed E-state index contributed by atoms with van der Waals surface area (Å²) >= 11 is 0. The minimum atomic E-state index is -0.472. The van der Waals surface area contributed by atoms with Gasteiger partial charge in [-0.15, -0.1) is 0 Å². The molecule has 5 nitrogen and oxygen atoms in total. The minimum Gasteiger partial charge on any atom is -0.433 e. The first-order valence-electron chi connectivity index (χ1n) is 23.5. The first-order valence-corrected chi connectivity index (χ1v) is 23.5. The monoisotopic (exact) mass is 757 g/mol. The number of rotatable bonds is 41. The predicted octanol–water partition coefficient (Wildman–Crippen LogP) is 15.0. The van der Waals surface area contributed by atoms with Gasteiger partial charge in [-0.1, -0.05) is 160 Å². The van der Waals surface area contributed by atoms with Crippen molar-refractivity contribution in [2.75, 3.05) is 45.9 Å². The van der Waals surface area contributed by atoms with E-state index in [-0.39, 0.29) is 6.10 Å². The van der Waals surface area contributed by atoms with Crippen molar-refractivity contribution in [3.8, 4) is 0 Å². The molecule has 0 aliphatic heterocycles. The van der Waals surface area contributed by atoms with Crippen LogP contribution in [-0.4, -0.2) is 67.9 Å². The Morgan fingerprint density at radius 2 is 0.852 bits per heavy atom. The Morgan fingerprint density at radius 1 is 0.444 bits per heavy atom. The van der Waals surface area contributed by atoms with Gasteiger partial charge < -0.3 is 14.4 Å². The van der Waals surface area contributed by atoms with Crippen molar-refractivity contribution in [3.63, 3.8) is 0 Å². The summed E-state index contributed by atoms with van der Waals surface area (Å²) in [6, 6.07) is 0. The zero-order valence-electron chi connectivity index (χ0n) is 36.9. The van der Waals surface area contributed by atoms with E-state index in [0.29, 0.717) is 6.61 Å². The van der Waals surface area contributed by atoms with Gasteiger partial charge in [-0.25, -0.2) is 4.79 Å². The number of hydrogen-bond acceptors (Lipinski definition) is 5. The van der Waals surface area contributed by atoms with Crippen LogP contribution < -0.4 is 0 Å². The molecule has 0 aromatic carbocycles. The third kappa shape index (κ3) is 38.4. The van der Waals surface area contributed by atoms with Gasteiger partial charge in [-0.3, -0.25) is 4.90 Å². The molecule has 0 heterocycles. The predicted molar refractivity (Wildman–Crippen MR) is 239 cm³/mol. The first kappa shape index (κ1) is 52.2. The second kappa shape index (κ2) is 43.9. The molecule has 54 heavy (non-hydrogen) atoms. The Labute approximate surface area is 337 Å². The fraction of sp³-hybridized carbons (Fsp3) is 0.816. The molecule has 0 saturated heterocycles. The molecule has 0 aliphatic carbocycles. The number of hydrogen-bond donors (Lipinski definition) is 0. The summed E-state index contributed by atoms with van der Waals surface area (Å²) in [5.41, 5.74) is 0. The first-order chi connectivity index (χ1) is 26.6. The number of nitrogens with zero attached hydrogens (tertiary/aromatic N) is 2. The average molecular weight is 757 g/mol. The summed E-state index contributed by atoms with van der Waals surface area (Å²) in [6.45, 7) is 17.6. The third-order valence-electron chi connectivity index (χ3n) is 10.5. The number of ether oxygens (including phenoxy) is 2. The largest absolute Gasteiger partial charge is 0.508 e. The second-order valence-corrected chi connectivity index (χ2v) is 15.5. The van der Waals surface area contributed by atoms with Gasteiger partial charge in [-0.05, 0) is 116 Å². The normalized spacial score (nSPS) is 12.4. The molecule has 0 amide bonds. The smallest absolute Gasteiger partial charge is 0.433 e. The van der Waals surface area contributed by atoms with Crippen LogP contribution in [0.5, 0.6) is 0 Å². The van der Waals surface area contributed by atoms with Crippen LogP contribution in [0.3, 0.4) is 0 Å². The van der Waals surface area contributed by atoms with Crippen molar-refractivity contribution in [3.05, 3.63) is 48.6 Å². The van der Waals surface area contributed by atoms with Crippen LogP contribution in [0, 0.1) is 0 Å². The highest BCUT2D eigenvalue weighted by atomic mass is 16.7. The van der Waals surface area contributed by atoms with E-state index in [0.717, 1.165) is 84.2 Å². The number of unbranched alkanes of at least 4 members (excludes halogenated alkanes) is 18. The molecule has 0 atom stereocenters. The summed E-state index contributed by atoms with van der Waals surface area (Å²) in [7, 11) is 0. The van der Waals surface area contributed by atoms with Gasteiger partial charge in [0.2, 0.25) is 0 Å². The molecule has 0 saturated carbocycles. The van der Waals surface area contributed by atoms with Gasteiger partial charge in [0, 0.05) is 19.6 Å². The Hall–Kier alpha value is -1.85. The highest BCUT2D eigenvalue weighted by Crippen LogP contribution is 2.18. The van der Waals surface area contributed by atoms with E-state index >= 15 is 0 Å². The van der Waals surface area contributed by atoms with Gasteiger partial charge in [0.05, 0.1) is 0 Å². The van der Waals surface area contributed by atoms with E-state index in [9.17, 15) is 4.79 Å². The molecule has 0 radical (unpaired) electrons. The van der Waals surface area contributed by atoms with Gasteiger partial charge in [0.15, 0.2) is 0 Å². The van der Waals surface area contributed by atoms with E-state index in [4.69, 9.17) is 9.47 Å². The molecule has 0 unspecified atom stereocenters. The highest BCUT2D eigenvalue weighted by Gasteiger charge is 2.16. The Balaban J connectivity index is 4.44. The quantitative estimate of drug-likeness (QED) is 0.0353. The number of carbonyl (C=O) groups is 1. The zero-order valence-corrected chi connectivity index (χ0v) is 36.9. The van der Waals surface area contributed by atoms with Crippen LogP contribution in [0.15, 0.2) is 48.6 Å². The number of allylic oxidation sites excluding steroid dienone is 8. The Bertz CT molecular complexity index is 830.